The first kappa shape index (κ1) is 15.7. The zero-order valence-corrected chi connectivity index (χ0v) is 13.6. The number of halogens is 1. The summed E-state index contributed by atoms with van der Waals surface area (Å²) in [6.07, 6.45) is 5.51. The topological polar surface area (TPSA) is 71.1 Å². The van der Waals surface area contributed by atoms with E-state index in [9.17, 15) is 9.18 Å². The van der Waals surface area contributed by atoms with Crippen LogP contribution in [0.4, 0.5) is 4.39 Å². The molecule has 0 spiro atoms. The number of fused-ring (bicyclic) bond motifs is 1. The van der Waals surface area contributed by atoms with E-state index >= 15 is 0 Å². The molecule has 1 fully saturated rings. The quantitative estimate of drug-likeness (QED) is 0.796. The van der Waals surface area contributed by atoms with Crippen LogP contribution in [0.2, 0.25) is 0 Å². The van der Waals surface area contributed by atoms with Crippen molar-refractivity contribution in [3.63, 3.8) is 0 Å². The highest BCUT2D eigenvalue weighted by molar-refractivity contribution is 6.05. The van der Waals surface area contributed by atoms with E-state index in [1.165, 1.54) is 12.1 Å². The highest BCUT2D eigenvalue weighted by Gasteiger charge is 2.38. The third-order valence-corrected chi connectivity index (χ3v) is 4.59. The molecule has 7 heteroatoms. The number of aromatic nitrogens is 3. The Balaban J connectivity index is 1.77. The fraction of sp³-hybridized carbons (Fsp3) is 0.278. The van der Waals surface area contributed by atoms with E-state index in [0.29, 0.717) is 29.7 Å². The fourth-order valence-electron chi connectivity index (χ4n) is 3.39. The van der Waals surface area contributed by atoms with Crippen LogP contribution in [0.3, 0.4) is 0 Å². The number of likely N-dealkylation sites (tertiary alicyclic amines) is 1. The van der Waals surface area contributed by atoms with E-state index < -0.39 is 5.82 Å². The lowest BCUT2D eigenvalue weighted by atomic mass is 10.1. The third kappa shape index (κ3) is 2.76. The Hall–Kier alpha value is -2.80. The van der Waals surface area contributed by atoms with E-state index in [0.717, 1.165) is 0 Å². The molecule has 1 aliphatic rings. The van der Waals surface area contributed by atoms with Crippen molar-refractivity contribution in [3.05, 3.63) is 60.1 Å². The molecule has 128 valence electrons. The number of rotatable bonds is 3. The van der Waals surface area contributed by atoms with E-state index in [1.807, 2.05) is 0 Å². The summed E-state index contributed by atoms with van der Waals surface area (Å²) in [5, 5.41) is 0.600. The second-order valence-corrected chi connectivity index (χ2v) is 6.07. The van der Waals surface area contributed by atoms with Crippen LogP contribution in [0.1, 0.15) is 28.6 Å². The molecule has 3 aromatic rings. The Morgan fingerprint density at radius 2 is 2.24 bits per heavy atom. The van der Waals surface area contributed by atoms with Gasteiger partial charge in [0.15, 0.2) is 0 Å². The van der Waals surface area contributed by atoms with Gasteiger partial charge in [-0.3, -0.25) is 9.78 Å². The highest BCUT2D eigenvalue weighted by Crippen LogP contribution is 2.33. The number of carbonyl (C=O) groups excluding carboxylic acids is 1. The van der Waals surface area contributed by atoms with Crippen LogP contribution in [0.15, 0.2) is 42.9 Å². The monoisotopic (exact) mass is 340 g/mol. The summed E-state index contributed by atoms with van der Waals surface area (Å²) in [4.78, 5) is 26.5. The number of nitrogens with zero attached hydrogens (tertiary/aromatic N) is 3. The van der Waals surface area contributed by atoms with Gasteiger partial charge in [0.05, 0.1) is 23.2 Å². The summed E-state index contributed by atoms with van der Waals surface area (Å²) in [5.41, 5.74) is 0.747. The Morgan fingerprint density at radius 3 is 3.00 bits per heavy atom. The summed E-state index contributed by atoms with van der Waals surface area (Å²) in [5.74, 6) is -0.0356. The predicted octanol–water partition coefficient (Wildman–Crippen LogP) is 2.70. The number of pyridine rings is 1. The number of hydrogen-bond donors (Lipinski definition) is 1. The summed E-state index contributed by atoms with van der Waals surface area (Å²) < 4.78 is 19.5. The molecule has 1 saturated heterocycles. The van der Waals surface area contributed by atoms with E-state index in [1.54, 1.807) is 42.7 Å². The van der Waals surface area contributed by atoms with Crippen molar-refractivity contribution in [2.75, 3.05) is 13.7 Å². The molecular formula is C18H17FN4O2. The van der Waals surface area contributed by atoms with Crippen LogP contribution in [-0.4, -0.2) is 45.5 Å². The normalized spacial score (nSPS) is 20.3. The van der Waals surface area contributed by atoms with Gasteiger partial charge in [-0.15, -0.1) is 0 Å². The Labute approximate surface area is 143 Å². The molecular weight excluding hydrogens is 323 g/mol. The first-order valence-electron chi connectivity index (χ1n) is 8.04. The molecule has 0 radical (unpaired) electrons. The number of hydrogen-bond acceptors (Lipinski definition) is 4. The van der Waals surface area contributed by atoms with Crippen molar-refractivity contribution in [3.8, 4) is 0 Å². The molecule has 2 aromatic heterocycles. The minimum absolute atomic E-state index is 0.0909. The molecule has 6 nitrogen and oxygen atoms in total. The zero-order chi connectivity index (χ0) is 17.4. The molecule has 3 heterocycles. The Bertz CT molecular complexity index is 913. The van der Waals surface area contributed by atoms with Gasteiger partial charge >= 0.3 is 0 Å². The lowest BCUT2D eigenvalue weighted by Crippen LogP contribution is -2.32. The number of aromatic amines is 1. The van der Waals surface area contributed by atoms with Crippen molar-refractivity contribution in [2.24, 2.45) is 0 Å². The summed E-state index contributed by atoms with van der Waals surface area (Å²) in [7, 11) is 1.62. The van der Waals surface area contributed by atoms with Crippen LogP contribution in [0.5, 0.6) is 0 Å². The molecule has 0 aliphatic carbocycles. The number of ether oxygens (including phenoxy) is 1. The molecule has 1 aliphatic heterocycles. The van der Waals surface area contributed by atoms with Crippen molar-refractivity contribution < 1.29 is 13.9 Å². The minimum atomic E-state index is -0.458. The van der Waals surface area contributed by atoms with Crippen molar-refractivity contribution >= 4 is 16.8 Å². The van der Waals surface area contributed by atoms with Gasteiger partial charge in [0.1, 0.15) is 11.6 Å². The first-order chi connectivity index (χ1) is 12.2. The number of H-pyrrole nitrogens is 1. The van der Waals surface area contributed by atoms with Crippen LogP contribution < -0.4 is 0 Å². The summed E-state index contributed by atoms with van der Waals surface area (Å²) in [6.45, 7) is 0.422. The van der Waals surface area contributed by atoms with Gasteiger partial charge in [-0.2, -0.15) is 0 Å². The molecule has 0 bridgehead atoms. The first-order valence-corrected chi connectivity index (χ1v) is 8.04. The lowest BCUT2D eigenvalue weighted by Gasteiger charge is -2.23. The summed E-state index contributed by atoms with van der Waals surface area (Å²) >= 11 is 0. The van der Waals surface area contributed by atoms with Gasteiger partial charge in [0.2, 0.25) is 0 Å². The van der Waals surface area contributed by atoms with Crippen LogP contribution >= 0.6 is 0 Å². The van der Waals surface area contributed by atoms with Gasteiger partial charge in [-0.25, -0.2) is 9.37 Å². The maximum Gasteiger partial charge on any atom is 0.256 e. The second-order valence-electron chi connectivity index (χ2n) is 6.07. The molecule has 1 aromatic carbocycles. The highest BCUT2D eigenvalue weighted by atomic mass is 19.1. The van der Waals surface area contributed by atoms with Gasteiger partial charge in [-0.1, -0.05) is 6.07 Å². The van der Waals surface area contributed by atoms with E-state index in [2.05, 4.69) is 15.0 Å². The number of benzene rings is 1. The molecule has 1 amide bonds. The maximum absolute atomic E-state index is 14.0. The minimum Gasteiger partial charge on any atom is -0.380 e. The molecule has 2 atom stereocenters. The number of carbonyl (C=O) groups is 1. The number of amides is 1. The van der Waals surface area contributed by atoms with Gasteiger partial charge < -0.3 is 14.6 Å². The molecule has 4 rings (SSSR count). The standard InChI is InChI=1S/C18H17FN4O2/c1-25-13-9-15(17-21-5-6-22-17)23(10-13)18(24)14-8-12(19)7-11-3-2-4-20-16(11)14/h2-8,13,15H,9-10H2,1H3,(H,21,22)/t13-,15?/m1/s1. The van der Waals surface area contributed by atoms with E-state index in [-0.39, 0.29) is 23.6 Å². The number of imidazole rings is 1. The van der Waals surface area contributed by atoms with Gasteiger partial charge in [0.25, 0.3) is 5.91 Å². The lowest BCUT2D eigenvalue weighted by molar-refractivity contribution is 0.0686. The van der Waals surface area contributed by atoms with Crippen LogP contribution in [-0.2, 0) is 4.74 Å². The SMILES string of the molecule is CO[C@@H]1CC(c2ncc[nH]2)N(C(=O)c2cc(F)cc3cccnc23)C1. The van der Waals surface area contributed by atoms with Crippen molar-refractivity contribution in [1.82, 2.24) is 19.9 Å². The molecule has 0 saturated carbocycles. The largest absolute Gasteiger partial charge is 0.380 e. The average molecular weight is 340 g/mol. The van der Waals surface area contributed by atoms with Gasteiger partial charge in [-0.05, 0) is 18.2 Å². The Kier molecular flexibility index (Phi) is 3.93. The Morgan fingerprint density at radius 1 is 1.36 bits per heavy atom. The molecule has 1 N–H and O–H groups in total. The number of nitrogens with one attached hydrogen (secondary N) is 1. The molecule has 25 heavy (non-hydrogen) atoms. The smallest absolute Gasteiger partial charge is 0.256 e. The molecule has 1 unspecified atom stereocenters. The average Bonchev–Trinajstić information content (AvgIpc) is 3.29. The third-order valence-electron chi connectivity index (χ3n) is 4.59. The van der Waals surface area contributed by atoms with Crippen molar-refractivity contribution in [1.29, 1.82) is 0 Å². The van der Waals surface area contributed by atoms with Gasteiger partial charge in [0, 0.05) is 44.1 Å². The number of methoxy groups -OCH3 is 1. The zero-order valence-electron chi connectivity index (χ0n) is 13.6. The van der Waals surface area contributed by atoms with E-state index in [4.69, 9.17) is 4.74 Å². The van der Waals surface area contributed by atoms with Crippen molar-refractivity contribution in [2.45, 2.75) is 18.6 Å². The van der Waals surface area contributed by atoms with Crippen LogP contribution in [0.25, 0.3) is 10.9 Å². The summed E-state index contributed by atoms with van der Waals surface area (Å²) in [6, 6.07) is 5.85. The predicted molar refractivity (Wildman–Crippen MR) is 89.5 cm³/mol. The fourth-order valence-corrected chi connectivity index (χ4v) is 3.39. The van der Waals surface area contributed by atoms with Crippen LogP contribution in [0, 0.1) is 5.82 Å². The maximum atomic E-state index is 14.0. The second kappa shape index (κ2) is 6.25.